The summed E-state index contributed by atoms with van der Waals surface area (Å²) in [5.74, 6) is 0.544. The Kier molecular flexibility index (Phi) is 7.06. The summed E-state index contributed by atoms with van der Waals surface area (Å²) < 4.78 is 20.6. The van der Waals surface area contributed by atoms with Gasteiger partial charge in [0, 0.05) is 19.1 Å². The number of ether oxygens (including phenoxy) is 4. The molecule has 2 rings (SSSR count). The van der Waals surface area contributed by atoms with Crippen molar-refractivity contribution >= 4 is 11.9 Å². The Bertz CT molecular complexity index is 597. The number of benzene rings is 1. The van der Waals surface area contributed by atoms with Gasteiger partial charge in [-0.05, 0) is 30.5 Å². The zero-order chi connectivity index (χ0) is 18.2. The van der Waals surface area contributed by atoms with E-state index in [4.69, 9.17) is 18.9 Å². The summed E-state index contributed by atoms with van der Waals surface area (Å²) in [6.07, 6.45) is 1.41. The summed E-state index contributed by atoms with van der Waals surface area (Å²) in [7, 11) is 4.42. The van der Waals surface area contributed by atoms with E-state index in [0.29, 0.717) is 37.6 Å². The molecular weight excluding hydrogens is 326 g/mol. The molecule has 1 unspecified atom stereocenters. The van der Waals surface area contributed by atoms with Crippen molar-refractivity contribution in [2.45, 2.75) is 25.3 Å². The van der Waals surface area contributed by atoms with Crippen LogP contribution in [-0.4, -0.2) is 46.4 Å². The van der Waals surface area contributed by atoms with E-state index in [1.165, 1.54) is 14.2 Å². The van der Waals surface area contributed by atoms with Crippen molar-refractivity contribution < 1.29 is 28.5 Å². The van der Waals surface area contributed by atoms with Crippen molar-refractivity contribution in [3.05, 3.63) is 23.8 Å². The van der Waals surface area contributed by atoms with Gasteiger partial charge in [-0.1, -0.05) is 6.07 Å². The first-order valence-corrected chi connectivity index (χ1v) is 8.26. The second-order valence-electron chi connectivity index (χ2n) is 5.84. The van der Waals surface area contributed by atoms with Crippen molar-refractivity contribution in [1.29, 1.82) is 0 Å². The lowest BCUT2D eigenvalue weighted by Gasteiger charge is -2.25. The molecule has 1 aromatic carbocycles. The van der Waals surface area contributed by atoms with E-state index in [0.717, 1.165) is 5.56 Å². The van der Waals surface area contributed by atoms with Crippen LogP contribution in [0.5, 0.6) is 11.5 Å². The van der Waals surface area contributed by atoms with Crippen LogP contribution in [0.3, 0.4) is 0 Å². The molecule has 0 bridgehead atoms. The maximum absolute atomic E-state index is 12.6. The zero-order valence-electron chi connectivity index (χ0n) is 14.9. The molecule has 25 heavy (non-hydrogen) atoms. The van der Waals surface area contributed by atoms with Crippen LogP contribution < -0.4 is 14.8 Å². The fraction of sp³-hybridized carbons (Fsp3) is 0.556. The number of amides is 1. The van der Waals surface area contributed by atoms with E-state index in [-0.39, 0.29) is 18.2 Å². The SMILES string of the molecule is COC(=O)CC(NC(=O)C1CCOCC1)c1ccc(OC)c(OC)c1. The molecule has 0 aromatic heterocycles. The molecule has 7 nitrogen and oxygen atoms in total. The van der Waals surface area contributed by atoms with Crippen LogP contribution in [0.25, 0.3) is 0 Å². The van der Waals surface area contributed by atoms with Gasteiger partial charge < -0.3 is 24.3 Å². The largest absolute Gasteiger partial charge is 0.493 e. The summed E-state index contributed by atoms with van der Waals surface area (Å²) in [5.41, 5.74) is 0.753. The lowest BCUT2D eigenvalue weighted by atomic mass is 9.97. The molecule has 1 N–H and O–H groups in total. The minimum Gasteiger partial charge on any atom is -0.493 e. The molecule has 1 amide bonds. The van der Waals surface area contributed by atoms with Crippen LogP contribution in [0.15, 0.2) is 18.2 Å². The Hall–Kier alpha value is -2.28. The van der Waals surface area contributed by atoms with Crippen molar-refractivity contribution in [2.24, 2.45) is 5.92 Å². The molecule has 1 aliphatic rings. The predicted molar refractivity (Wildman–Crippen MR) is 90.6 cm³/mol. The zero-order valence-corrected chi connectivity index (χ0v) is 14.9. The van der Waals surface area contributed by atoms with Gasteiger partial charge in [0.25, 0.3) is 0 Å². The van der Waals surface area contributed by atoms with Gasteiger partial charge >= 0.3 is 5.97 Å². The number of esters is 1. The topological polar surface area (TPSA) is 83.1 Å². The van der Waals surface area contributed by atoms with E-state index in [1.807, 2.05) is 0 Å². The molecule has 1 aromatic rings. The highest BCUT2D eigenvalue weighted by Crippen LogP contribution is 2.31. The normalized spacial score (nSPS) is 16.0. The first-order valence-electron chi connectivity index (χ1n) is 8.26. The van der Waals surface area contributed by atoms with Crippen LogP contribution in [0.4, 0.5) is 0 Å². The molecule has 0 spiro atoms. The highest BCUT2D eigenvalue weighted by atomic mass is 16.5. The highest BCUT2D eigenvalue weighted by molar-refractivity contribution is 5.80. The molecule has 0 aliphatic carbocycles. The van der Waals surface area contributed by atoms with Crippen molar-refractivity contribution in [1.82, 2.24) is 5.32 Å². The fourth-order valence-electron chi connectivity index (χ4n) is 2.82. The van der Waals surface area contributed by atoms with Gasteiger partial charge in [0.15, 0.2) is 11.5 Å². The first kappa shape index (κ1) is 19.1. The Balaban J connectivity index is 2.19. The van der Waals surface area contributed by atoms with Gasteiger partial charge in [0.1, 0.15) is 0 Å². The number of carbonyl (C=O) groups is 2. The number of nitrogens with one attached hydrogen (secondary N) is 1. The molecule has 138 valence electrons. The Labute approximate surface area is 147 Å². The van der Waals surface area contributed by atoms with Crippen molar-refractivity contribution in [3.8, 4) is 11.5 Å². The second kappa shape index (κ2) is 9.27. The fourth-order valence-corrected chi connectivity index (χ4v) is 2.82. The van der Waals surface area contributed by atoms with E-state index in [2.05, 4.69) is 5.32 Å². The van der Waals surface area contributed by atoms with E-state index >= 15 is 0 Å². The van der Waals surface area contributed by atoms with Gasteiger partial charge in [-0.2, -0.15) is 0 Å². The molecule has 1 aliphatic heterocycles. The molecule has 1 heterocycles. The van der Waals surface area contributed by atoms with E-state index in [9.17, 15) is 9.59 Å². The van der Waals surface area contributed by atoms with Crippen LogP contribution in [0.1, 0.15) is 30.9 Å². The maximum Gasteiger partial charge on any atom is 0.307 e. The smallest absolute Gasteiger partial charge is 0.307 e. The van der Waals surface area contributed by atoms with Gasteiger partial charge in [0.2, 0.25) is 5.91 Å². The van der Waals surface area contributed by atoms with Gasteiger partial charge in [-0.15, -0.1) is 0 Å². The monoisotopic (exact) mass is 351 g/mol. The molecule has 1 saturated heterocycles. The summed E-state index contributed by atoms with van der Waals surface area (Å²) in [6.45, 7) is 1.16. The quantitative estimate of drug-likeness (QED) is 0.755. The molecular formula is C18H25NO6. The lowest BCUT2D eigenvalue weighted by molar-refractivity contribution is -0.141. The lowest BCUT2D eigenvalue weighted by Crippen LogP contribution is -2.37. The summed E-state index contributed by atoms with van der Waals surface area (Å²) >= 11 is 0. The third-order valence-electron chi connectivity index (χ3n) is 4.32. The van der Waals surface area contributed by atoms with Gasteiger partial charge in [0.05, 0.1) is 33.8 Å². The van der Waals surface area contributed by atoms with Crippen LogP contribution >= 0.6 is 0 Å². The minimum absolute atomic E-state index is 0.0426. The van der Waals surface area contributed by atoms with Gasteiger partial charge in [-0.25, -0.2) is 0 Å². The molecule has 7 heteroatoms. The van der Waals surface area contributed by atoms with Crippen molar-refractivity contribution in [3.63, 3.8) is 0 Å². The molecule has 0 saturated carbocycles. The van der Waals surface area contributed by atoms with Crippen molar-refractivity contribution in [2.75, 3.05) is 34.5 Å². The van der Waals surface area contributed by atoms with E-state index in [1.54, 1.807) is 25.3 Å². The first-order chi connectivity index (χ1) is 12.1. The number of hydrogen-bond acceptors (Lipinski definition) is 6. The summed E-state index contributed by atoms with van der Waals surface area (Å²) in [4.78, 5) is 24.3. The average molecular weight is 351 g/mol. The Morgan fingerprint density at radius 3 is 2.44 bits per heavy atom. The average Bonchev–Trinajstić information content (AvgIpc) is 2.67. The summed E-state index contributed by atoms with van der Waals surface area (Å²) in [5, 5.41) is 2.97. The number of carbonyl (C=O) groups excluding carboxylic acids is 2. The molecule has 0 radical (unpaired) electrons. The van der Waals surface area contributed by atoms with Crippen LogP contribution in [0, 0.1) is 5.92 Å². The third kappa shape index (κ3) is 5.09. The second-order valence-corrected chi connectivity index (χ2v) is 5.84. The Morgan fingerprint density at radius 2 is 1.84 bits per heavy atom. The standard InChI is InChI=1S/C18H25NO6/c1-22-15-5-4-13(10-16(15)23-2)14(11-17(20)24-3)19-18(21)12-6-8-25-9-7-12/h4-5,10,12,14H,6-9,11H2,1-3H3,(H,19,21). The molecule has 1 fully saturated rings. The minimum atomic E-state index is -0.498. The third-order valence-corrected chi connectivity index (χ3v) is 4.32. The highest BCUT2D eigenvalue weighted by Gasteiger charge is 2.26. The molecule has 1 atom stereocenters. The Morgan fingerprint density at radius 1 is 1.16 bits per heavy atom. The van der Waals surface area contributed by atoms with Crippen LogP contribution in [0.2, 0.25) is 0 Å². The maximum atomic E-state index is 12.6. The number of hydrogen-bond donors (Lipinski definition) is 1. The number of methoxy groups -OCH3 is 3. The predicted octanol–water partition coefficient (Wildman–Crippen LogP) is 1.85. The van der Waals surface area contributed by atoms with Crippen LogP contribution in [-0.2, 0) is 19.1 Å². The van der Waals surface area contributed by atoms with Gasteiger partial charge in [-0.3, -0.25) is 9.59 Å². The number of rotatable bonds is 7. The summed E-state index contributed by atoms with van der Waals surface area (Å²) in [6, 6.07) is 4.82. The van der Waals surface area contributed by atoms with E-state index < -0.39 is 12.0 Å².